The molecule has 0 aliphatic heterocycles. The Bertz CT molecular complexity index is 936. The molecule has 0 aliphatic carbocycles. The quantitative estimate of drug-likeness (QED) is 0.588. The number of hydrogen-bond acceptors (Lipinski definition) is 5. The van der Waals surface area contributed by atoms with Crippen LogP contribution in [0.25, 0.3) is 11.5 Å². The Hall–Kier alpha value is -2.60. The summed E-state index contributed by atoms with van der Waals surface area (Å²) in [6, 6.07) is 15.7. The maximum absolute atomic E-state index is 12.6. The number of hydrogen-bond donors (Lipinski definition) is 1. The van der Waals surface area contributed by atoms with Crippen molar-refractivity contribution >= 4 is 23.4 Å². The van der Waals surface area contributed by atoms with Crippen LogP contribution in [-0.4, -0.2) is 21.4 Å². The standard InChI is InChI=1S/C21H23N3O2S/c1-13(2)16-10-7-8-12-18(16)22-19(25)15(4)27-21-24-23-20(26-21)17-11-6-5-9-14(17)3/h5-13,15H,1-4H3,(H,22,25). The van der Waals surface area contributed by atoms with E-state index in [1.165, 1.54) is 11.8 Å². The first-order valence-electron chi connectivity index (χ1n) is 8.91. The van der Waals surface area contributed by atoms with Crippen molar-refractivity contribution in [3.05, 3.63) is 59.7 Å². The number of aryl methyl sites for hydroxylation is 1. The Morgan fingerprint density at radius 2 is 1.74 bits per heavy atom. The van der Waals surface area contributed by atoms with E-state index in [0.717, 1.165) is 22.4 Å². The first kappa shape index (κ1) is 19.2. The van der Waals surface area contributed by atoms with Crippen LogP contribution < -0.4 is 5.32 Å². The maximum atomic E-state index is 12.6. The fourth-order valence-electron chi connectivity index (χ4n) is 2.73. The normalized spacial score (nSPS) is 12.2. The van der Waals surface area contributed by atoms with Crippen LogP contribution in [-0.2, 0) is 4.79 Å². The van der Waals surface area contributed by atoms with Crippen molar-refractivity contribution in [2.24, 2.45) is 0 Å². The largest absolute Gasteiger partial charge is 0.411 e. The number of nitrogens with one attached hydrogen (secondary N) is 1. The van der Waals surface area contributed by atoms with E-state index in [-0.39, 0.29) is 11.2 Å². The number of carbonyl (C=O) groups excluding carboxylic acids is 1. The summed E-state index contributed by atoms with van der Waals surface area (Å²) in [5.41, 5.74) is 3.92. The predicted octanol–water partition coefficient (Wildman–Crippen LogP) is 5.29. The van der Waals surface area contributed by atoms with E-state index in [1.807, 2.05) is 62.4 Å². The number of nitrogens with zero attached hydrogens (tertiary/aromatic N) is 2. The van der Waals surface area contributed by atoms with Crippen LogP contribution in [0.4, 0.5) is 5.69 Å². The molecule has 1 unspecified atom stereocenters. The minimum absolute atomic E-state index is 0.0938. The second-order valence-corrected chi connectivity index (χ2v) is 7.97. The van der Waals surface area contributed by atoms with Crippen LogP contribution in [0.5, 0.6) is 0 Å². The van der Waals surface area contributed by atoms with Gasteiger partial charge in [-0.25, -0.2) is 0 Å². The number of amides is 1. The van der Waals surface area contributed by atoms with Gasteiger partial charge in [-0.3, -0.25) is 4.79 Å². The van der Waals surface area contributed by atoms with E-state index in [1.54, 1.807) is 0 Å². The lowest BCUT2D eigenvalue weighted by molar-refractivity contribution is -0.115. The highest BCUT2D eigenvalue weighted by molar-refractivity contribution is 8.00. The van der Waals surface area contributed by atoms with Crippen LogP contribution in [0.1, 0.15) is 37.8 Å². The lowest BCUT2D eigenvalue weighted by atomic mass is 10.0. The number of rotatable bonds is 6. The zero-order valence-corrected chi connectivity index (χ0v) is 16.7. The van der Waals surface area contributed by atoms with Gasteiger partial charge in [-0.15, -0.1) is 10.2 Å². The summed E-state index contributed by atoms with van der Waals surface area (Å²) in [7, 11) is 0. The van der Waals surface area contributed by atoms with E-state index < -0.39 is 0 Å². The fraction of sp³-hybridized carbons (Fsp3) is 0.286. The summed E-state index contributed by atoms with van der Waals surface area (Å²) in [4.78, 5) is 12.6. The molecule has 0 radical (unpaired) electrons. The highest BCUT2D eigenvalue weighted by Gasteiger charge is 2.20. The number of para-hydroxylation sites is 1. The Balaban J connectivity index is 1.68. The van der Waals surface area contributed by atoms with Gasteiger partial charge in [-0.2, -0.15) is 0 Å². The first-order valence-corrected chi connectivity index (χ1v) is 9.79. The summed E-state index contributed by atoms with van der Waals surface area (Å²) in [6.07, 6.45) is 0. The third kappa shape index (κ3) is 4.57. The number of benzene rings is 2. The zero-order valence-electron chi connectivity index (χ0n) is 15.9. The average molecular weight is 382 g/mol. The predicted molar refractivity (Wildman–Crippen MR) is 109 cm³/mol. The van der Waals surface area contributed by atoms with Gasteiger partial charge >= 0.3 is 0 Å². The summed E-state index contributed by atoms with van der Waals surface area (Å²) in [6.45, 7) is 8.04. The topological polar surface area (TPSA) is 68.0 Å². The van der Waals surface area contributed by atoms with E-state index in [2.05, 4.69) is 29.4 Å². The van der Waals surface area contributed by atoms with Gasteiger partial charge in [0.25, 0.3) is 5.22 Å². The third-order valence-electron chi connectivity index (χ3n) is 4.27. The number of anilines is 1. The Morgan fingerprint density at radius 1 is 1.04 bits per heavy atom. The highest BCUT2D eigenvalue weighted by atomic mass is 32.2. The molecule has 1 atom stereocenters. The molecule has 0 fully saturated rings. The van der Waals surface area contributed by atoms with Crippen molar-refractivity contribution in [1.82, 2.24) is 10.2 Å². The molecule has 0 aliphatic rings. The molecule has 2 aromatic carbocycles. The average Bonchev–Trinajstić information content (AvgIpc) is 3.10. The van der Waals surface area contributed by atoms with Crippen molar-refractivity contribution < 1.29 is 9.21 Å². The second kappa shape index (κ2) is 8.39. The molecule has 5 nitrogen and oxygen atoms in total. The summed E-state index contributed by atoms with van der Waals surface area (Å²) < 4.78 is 5.74. The van der Waals surface area contributed by atoms with Gasteiger partial charge in [0.05, 0.1) is 5.25 Å². The fourth-order valence-corrected chi connectivity index (χ4v) is 3.42. The van der Waals surface area contributed by atoms with Crippen molar-refractivity contribution in [3.8, 4) is 11.5 Å². The first-order chi connectivity index (χ1) is 13.0. The van der Waals surface area contributed by atoms with Crippen molar-refractivity contribution in [3.63, 3.8) is 0 Å². The van der Waals surface area contributed by atoms with E-state index in [0.29, 0.717) is 17.0 Å². The molecule has 0 saturated carbocycles. The second-order valence-electron chi connectivity index (χ2n) is 6.68. The van der Waals surface area contributed by atoms with Crippen LogP contribution in [0, 0.1) is 6.92 Å². The highest BCUT2D eigenvalue weighted by Crippen LogP contribution is 2.29. The number of carbonyl (C=O) groups is 1. The Kier molecular flexibility index (Phi) is 5.96. The molecular formula is C21H23N3O2S. The van der Waals surface area contributed by atoms with Gasteiger partial charge in [0.1, 0.15) is 0 Å². The van der Waals surface area contributed by atoms with E-state index in [4.69, 9.17) is 4.42 Å². The molecule has 6 heteroatoms. The zero-order chi connectivity index (χ0) is 19.4. The van der Waals surface area contributed by atoms with Crippen LogP contribution in [0.3, 0.4) is 0 Å². The van der Waals surface area contributed by atoms with Gasteiger partial charge in [0.15, 0.2) is 0 Å². The smallest absolute Gasteiger partial charge is 0.277 e. The molecule has 140 valence electrons. The third-order valence-corrected chi connectivity index (χ3v) is 5.20. The van der Waals surface area contributed by atoms with Gasteiger partial charge in [-0.1, -0.05) is 62.0 Å². The molecule has 1 N–H and O–H groups in total. The molecule has 0 saturated heterocycles. The molecule has 3 rings (SSSR count). The minimum Gasteiger partial charge on any atom is -0.411 e. The molecule has 0 bridgehead atoms. The van der Waals surface area contributed by atoms with Gasteiger partial charge in [0.2, 0.25) is 11.8 Å². The SMILES string of the molecule is Cc1ccccc1-c1nnc(SC(C)C(=O)Nc2ccccc2C(C)C)o1. The van der Waals surface area contributed by atoms with Crippen LogP contribution in [0.15, 0.2) is 58.2 Å². The van der Waals surface area contributed by atoms with Gasteiger partial charge < -0.3 is 9.73 Å². The molecule has 27 heavy (non-hydrogen) atoms. The summed E-state index contributed by atoms with van der Waals surface area (Å²) in [5.74, 6) is 0.703. The molecule has 0 spiro atoms. The van der Waals surface area contributed by atoms with Crippen molar-refractivity contribution in [2.45, 2.75) is 44.1 Å². The molecule has 1 heterocycles. The van der Waals surface area contributed by atoms with E-state index >= 15 is 0 Å². The maximum Gasteiger partial charge on any atom is 0.277 e. The lowest BCUT2D eigenvalue weighted by Crippen LogP contribution is -2.23. The van der Waals surface area contributed by atoms with Crippen LogP contribution >= 0.6 is 11.8 Å². The molecular weight excluding hydrogens is 358 g/mol. The van der Waals surface area contributed by atoms with E-state index in [9.17, 15) is 4.79 Å². The Morgan fingerprint density at radius 3 is 2.48 bits per heavy atom. The molecule has 1 aromatic heterocycles. The summed E-state index contributed by atoms with van der Waals surface area (Å²) in [5, 5.41) is 11.2. The van der Waals surface area contributed by atoms with Gasteiger partial charge in [-0.05, 0) is 43.0 Å². The molecule has 1 amide bonds. The lowest BCUT2D eigenvalue weighted by Gasteiger charge is -2.15. The summed E-state index contributed by atoms with van der Waals surface area (Å²) >= 11 is 1.25. The minimum atomic E-state index is -0.365. The monoisotopic (exact) mass is 381 g/mol. The van der Waals surface area contributed by atoms with Crippen molar-refractivity contribution in [2.75, 3.05) is 5.32 Å². The van der Waals surface area contributed by atoms with Crippen LogP contribution in [0.2, 0.25) is 0 Å². The van der Waals surface area contributed by atoms with Crippen molar-refractivity contribution in [1.29, 1.82) is 0 Å². The molecule has 3 aromatic rings. The Labute approximate surface area is 163 Å². The van der Waals surface area contributed by atoms with Gasteiger partial charge in [0, 0.05) is 11.3 Å². The number of aromatic nitrogens is 2. The number of thioether (sulfide) groups is 1.